The van der Waals surface area contributed by atoms with Gasteiger partial charge in [-0.2, -0.15) is 17.6 Å². The molecule has 4 rings (SSSR count). The third-order valence-electron chi connectivity index (χ3n) is 6.41. The van der Waals surface area contributed by atoms with Crippen molar-refractivity contribution in [2.24, 2.45) is 5.92 Å². The van der Waals surface area contributed by atoms with Crippen molar-refractivity contribution in [2.45, 2.75) is 32.0 Å². The maximum Gasteiger partial charge on any atom is 0.416 e. The fraction of sp³-hybridized carbons (Fsp3) is 0.522. The minimum absolute atomic E-state index is 0.0611. The van der Waals surface area contributed by atoms with Gasteiger partial charge in [-0.1, -0.05) is 12.1 Å². The molecule has 0 radical (unpaired) electrons. The number of hydrogen-bond donors (Lipinski definition) is 1. The smallest absolute Gasteiger partial charge is 0.377 e. The van der Waals surface area contributed by atoms with Gasteiger partial charge >= 0.3 is 6.18 Å². The molecular weight excluding hydrogens is 454 g/mol. The number of aromatic nitrogens is 2. The summed E-state index contributed by atoms with van der Waals surface area (Å²) in [5, 5.41) is 3.07. The molecule has 3 heterocycles. The van der Waals surface area contributed by atoms with Crippen LogP contribution in [-0.4, -0.2) is 60.2 Å². The zero-order valence-corrected chi connectivity index (χ0v) is 18.8. The molecule has 2 aliphatic heterocycles. The van der Waals surface area contributed by atoms with E-state index in [4.69, 9.17) is 4.74 Å². The number of nitrogens with one attached hydrogen (secondary N) is 1. The first kappa shape index (κ1) is 24.2. The largest absolute Gasteiger partial charge is 0.416 e. The lowest BCUT2D eigenvalue weighted by atomic mass is 9.97. The van der Waals surface area contributed by atoms with Crippen LogP contribution in [0.1, 0.15) is 36.9 Å². The van der Waals surface area contributed by atoms with E-state index in [1.165, 1.54) is 18.5 Å². The number of halogens is 4. The van der Waals surface area contributed by atoms with Gasteiger partial charge in [-0.25, -0.2) is 9.97 Å². The van der Waals surface area contributed by atoms with Gasteiger partial charge in [0.25, 0.3) is 0 Å². The first-order valence-corrected chi connectivity index (χ1v) is 11.3. The average molecular weight is 481 g/mol. The average Bonchev–Trinajstić information content (AvgIpc) is 2.83. The number of rotatable bonds is 5. The van der Waals surface area contributed by atoms with Crippen LogP contribution < -0.4 is 10.2 Å². The van der Waals surface area contributed by atoms with E-state index < -0.39 is 23.6 Å². The lowest BCUT2D eigenvalue weighted by Gasteiger charge is -2.37. The minimum atomic E-state index is -4.43. The zero-order valence-electron chi connectivity index (χ0n) is 18.8. The fourth-order valence-electron chi connectivity index (χ4n) is 4.40. The Hall–Kier alpha value is -2.95. The van der Waals surface area contributed by atoms with Crippen LogP contribution >= 0.6 is 0 Å². The molecule has 1 N–H and O–H groups in total. The quantitative estimate of drug-likeness (QED) is 0.654. The van der Waals surface area contributed by atoms with Crippen LogP contribution in [0.15, 0.2) is 30.6 Å². The molecule has 0 aliphatic carbocycles. The van der Waals surface area contributed by atoms with Crippen molar-refractivity contribution in [3.8, 4) is 0 Å². The fourth-order valence-corrected chi connectivity index (χ4v) is 4.40. The van der Waals surface area contributed by atoms with Crippen LogP contribution in [0, 0.1) is 11.7 Å². The summed E-state index contributed by atoms with van der Waals surface area (Å²) >= 11 is 0. The molecule has 11 heteroatoms. The topological polar surface area (TPSA) is 70.6 Å². The Morgan fingerprint density at radius 3 is 2.50 bits per heavy atom. The third-order valence-corrected chi connectivity index (χ3v) is 6.41. The van der Waals surface area contributed by atoms with E-state index in [9.17, 15) is 18.0 Å². The Bertz CT molecular complexity index is 994. The molecule has 34 heavy (non-hydrogen) atoms. The van der Waals surface area contributed by atoms with Crippen molar-refractivity contribution in [3.05, 3.63) is 47.5 Å². The second-order valence-corrected chi connectivity index (χ2v) is 8.59. The molecule has 7 nitrogen and oxygen atoms in total. The number of hydrogen-bond acceptors (Lipinski definition) is 6. The van der Waals surface area contributed by atoms with Crippen molar-refractivity contribution in [2.75, 3.05) is 49.6 Å². The number of carbonyl (C=O) groups is 1. The molecule has 1 unspecified atom stereocenters. The number of morpholine rings is 1. The Morgan fingerprint density at radius 2 is 1.85 bits per heavy atom. The Labute approximate surface area is 195 Å². The number of amides is 1. The lowest BCUT2D eigenvalue weighted by Crippen LogP contribution is -2.41. The second kappa shape index (κ2) is 10.1. The number of nitrogens with zero attached hydrogens (tertiary/aromatic N) is 4. The first-order chi connectivity index (χ1) is 16.2. The summed E-state index contributed by atoms with van der Waals surface area (Å²) in [5.41, 5.74) is -0.161. The van der Waals surface area contributed by atoms with Crippen LogP contribution in [0.3, 0.4) is 0 Å². The number of anilines is 2. The molecule has 184 valence electrons. The highest BCUT2D eigenvalue weighted by molar-refractivity contribution is 5.73. The minimum Gasteiger partial charge on any atom is -0.377 e. The van der Waals surface area contributed by atoms with Gasteiger partial charge in [0.1, 0.15) is 6.33 Å². The SMILES string of the molecule is CC(=O)N1CCC(CNc2ncnc(N3CCOCC3c3ccc(C(F)(F)F)cc3)c2F)CC1. The predicted octanol–water partition coefficient (Wildman–Crippen LogP) is 3.88. The highest BCUT2D eigenvalue weighted by Gasteiger charge is 2.32. The molecular formula is C23H27F4N5O2. The summed E-state index contributed by atoms with van der Waals surface area (Å²) in [7, 11) is 0. The monoisotopic (exact) mass is 481 g/mol. The summed E-state index contributed by atoms with van der Waals surface area (Å²) in [4.78, 5) is 23.2. The van der Waals surface area contributed by atoms with Gasteiger partial charge in [0.05, 0.1) is 24.8 Å². The van der Waals surface area contributed by atoms with Gasteiger partial charge in [0, 0.05) is 33.1 Å². The summed E-state index contributed by atoms with van der Waals surface area (Å²) < 4.78 is 59.8. The van der Waals surface area contributed by atoms with Crippen LogP contribution in [0.2, 0.25) is 0 Å². The van der Waals surface area contributed by atoms with E-state index in [0.717, 1.165) is 25.0 Å². The maximum absolute atomic E-state index is 15.4. The van der Waals surface area contributed by atoms with Crippen molar-refractivity contribution in [1.82, 2.24) is 14.9 Å². The number of benzene rings is 1. The standard InChI is InChI=1S/C23H27F4N5O2/c1-15(33)31-8-6-16(7-9-31)12-28-21-20(24)22(30-14-29-21)32-10-11-34-13-19(32)17-2-4-18(5-3-17)23(25,26)27/h2-5,14,16,19H,6-13H2,1H3,(H,28,29,30). The normalized spacial score (nSPS) is 19.9. The summed E-state index contributed by atoms with van der Waals surface area (Å²) in [6.45, 7) is 4.32. The summed E-state index contributed by atoms with van der Waals surface area (Å²) in [6.07, 6.45) is -1.50. The lowest BCUT2D eigenvalue weighted by molar-refractivity contribution is -0.137. The number of piperidine rings is 1. The number of carbonyl (C=O) groups excluding carboxylic acids is 1. The predicted molar refractivity (Wildman–Crippen MR) is 118 cm³/mol. The first-order valence-electron chi connectivity index (χ1n) is 11.3. The van der Waals surface area contributed by atoms with Gasteiger partial charge in [0.15, 0.2) is 11.6 Å². The second-order valence-electron chi connectivity index (χ2n) is 8.59. The van der Waals surface area contributed by atoms with Gasteiger partial charge in [-0.05, 0) is 36.5 Å². The number of alkyl halides is 3. The summed E-state index contributed by atoms with van der Waals surface area (Å²) in [5.74, 6) is -0.0982. The Kier molecular flexibility index (Phi) is 7.20. The van der Waals surface area contributed by atoms with Crippen molar-refractivity contribution in [1.29, 1.82) is 0 Å². The molecule has 2 aliphatic rings. The number of likely N-dealkylation sites (tertiary alicyclic amines) is 1. The highest BCUT2D eigenvalue weighted by atomic mass is 19.4. The van der Waals surface area contributed by atoms with Crippen LogP contribution in [0.5, 0.6) is 0 Å². The Morgan fingerprint density at radius 1 is 1.15 bits per heavy atom. The molecule has 0 bridgehead atoms. The molecule has 1 atom stereocenters. The molecule has 2 aromatic rings. The molecule has 1 aromatic carbocycles. The Balaban J connectivity index is 1.47. The van der Waals surface area contributed by atoms with Crippen molar-refractivity contribution >= 4 is 17.5 Å². The van der Waals surface area contributed by atoms with Gasteiger partial charge in [-0.3, -0.25) is 4.79 Å². The van der Waals surface area contributed by atoms with Crippen molar-refractivity contribution in [3.63, 3.8) is 0 Å². The maximum atomic E-state index is 15.4. The van der Waals surface area contributed by atoms with E-state index in [-0.39, 0.29) is 30.1 Å². The van der Waals surface area contributed by atoms with E-state index >= 15 is 4.39 Å². The van der Waals surface area contributed by atoms with Gasteiger partial charge < -0.3 is 19.9 Å². The van der Waals surface area contributed by atoms with Crippen molar-refractivity contribution < 1.29 is 27.1 Å². The molecule has 2 saturated heterocycles. The highest BCUT2D eigenvalue weighted by Crippen LogP contribution is 2.34. The zero-order chi connectivity index (χ0) is 24.3. The van der Waals surface area contributed by atoms with Gasteiger partial charge in [-0.15, -0.1) is 0 Å². The molecule has 1 amide bonds. The van der Waals surface area contributed by atoms with E-state index in [0.29, 0.717) is 38.3 Å². The van der Waals surface area contributed by atoms with E-state index in [1.807, 2.05) is 0 Å². The number of ether oxygens (including phenoxy) is 1. The van der Waals surface area contributed by atoms with Gasteiger partial charge in [0.2, 0.25) is 11.7 Å². The molecule has 2 fully saturated rings. The van der Waals surface area contributed by atoms with Crippen LogP contribution in [-0.2, 0) is 15.7 Å². The molecule has 1 aromatic heterocycles. The van der Waals surface area contributed by atoms with Crippen LogP contribution in [0.25, 0.3) is 0 Å². The summed E-state index contributed by atoms with van der Waals surface area (Å²) in [6, 6.07) is 4.33. The molecule has 0 spiro atoms. The van der Waals surface area contributed by atoms with E-state index in [2.05, 4.69) is 15.3 Å². The molecule has 0 saturated carbocycles. The van der Waals surface area contributed by atoms with Crippen LogP contribution in [0.4, 0.5) is 29.2 Å². The van der Waals surface area contributed by atoms with E-state index in [1.54, 1.807) is 16.7 Å². The third kappa shape index (κ3) is 5.40.